The first-order valence-corrected chi connectivity index (χ1v) is 11.1. The predicted octanol–water partition coefficient (Wildman–Crippen LogP) is 6.86. The Morgan fingerprint density at radius 3 is 1.97 bits per heavy atom. The molecule has 0 aromatic heterocycles. The molecule has 2 amide bonds. The number of hydrogen-bond donors (Lipinski definition) is 2. The molecule has 10 heteroatoms. The lowest BCUT2D eigenvalue weighted by Gasteiger charge is -2.09. The third-order valence-corrected chi connectivity index (χ3v) is 5.43. The van der Waals surface area contributed by atoms with E-state index in [1.807, 2.05) is 6.07 Å². The highest BCUT2D eigenvalue weighted by Crippen LogP contribution is 2.27. The van der Waals surface area contributed by atoms with Crippen molar-refractivity contribution in [1.29, 1.82) is 5.26 Å². The van der Waals surface area contributed by atoms with Crippen LogP contribution in [-0.4, -0.2) is 18.4 Å². The van der Waals surface area contributed by atoms with Gasteiger partial charge in [0.2, 0.25) is 0 Å². The van der Waals surface area contributed by atoms with E-state index < -0.39 is 11.8 Å². The number of amides is 2. The number of carbonyl (C=O) groups excluding carboxylic acids is 2. The van der Waals surface area contributed by atoms with Gasteiger partial charge in [-0.05, 0) is 60.2 Å². The molecule has 0 heterocycles. The molecule has 3 aromatic carbocycles. The third-order valence-electron chi connectivity index (χ3n) is 4.31. The lowest BCUT2D eigenvalue weighted by molar-refractivity contribution is -0.118. The number of hydrogen-bond acceptors (Lipinski definition) is 4. The maximum absolute atomic E-state index is 12.5. The Bertz CT molecular complexity index is 1300. The van der Waals surface area contributed by atoms with Crippen LogP contribution >= 0.6 is 46.4 Å². The lowest BCUT2D eigenvalue weighted by Crippen LogP contribution is -2.20. The van der Waals surface area contributed by atoms with Crippen molar-refractivity contribution in [2.45, 2.75) is 0 Å². The number of nitrogens with zero attached hydrogens (tertiary/aromatic N) is 1. The van der Waals surface area contributed by atoms with Crippen molar-refractivity contribution in [2.75, 3.05) is 17.2 Å². The SMILES string of the molecule is N#C/C(=C/c1ccc(OCC(=O)Nc2cc(Cl)ccc2Cl)cc1)C(=O)Nc1cc(Cl)ccc1Cl. The first kappa shape index (κ1) is 25.4. The molecule has 0 aliphatic rings. The van der Waals surface area contributed by atoms with Crippen LogP contribution in [0.2, 0.25) is 20.1 Å². The van der Waals surface area contributed by atoms with E-state index in [1.165, 1.54) is 24.3 Å². The van der Waals surface area contributed by atoms with Crippen molar-refractivity contribution in [3.8, 4) is 11.8 Å². The van der Waals surface area contributed by atoms with Crippen molar-refractivity contribution in [1.82, 2.24) is 0 Å². The molecule has 172 valence electrons. The maximum atomic E-state index is 12.5. The fourth-order valence-electron chi connectivity index (χ4n) is 2.69. The van der Waals surface area contributed by atoms with Gasteiger partial charge in [-0.2, -0.15) is 5.26 Å². The van der Waals surface area contributed by atoms with Crippen molar-refractivity contribution in [2.24, 2.45) is 0 Å². The van der Waals surface area contributed by atoms with Crippen molar-refractivity contribution >= 4 is 75.7 Å². The molecule has 3 aromatic rings. The Labute approximate surface area is 215 Å². The number of rotatable bonds is 7. The molecule has 0 saturated carbocycles. The maximum Gasteiger partial charge on any atom is 0.266 e. The summed E-state index contributed by atoms with van der Waals surface area (Å²) in [5.74, 6) is -0.641. The van der Waals surface area contributed by atoms with Crippen LogP contribution in [0.4, 0.5) is 11.4 Å². The number of nitrogens with one attached hydrogen (secondary N) is 2. The zero-order valence-corrected chi connectivity index (χ0v) is 20.3. The minimum atomic E-state index is -0.636. The zero-order valence-electron chi connectivity index (χ0n) is 17.2. The molecule has 0 aliphatic heterocycles. The van der Waals surface area contributed by atoms with Gasteiger partial charge < -0.3 is 15.4 Å². The summed E-state index contributed by atoms with van der Waals surface area (Å²) in [4.78, 5) is 24.6. The molecular weight excluding hydrogens is 520 g/mol. The number of nitriles is 1. The molecule has 0 radical (unpaired) electrons. The molecule has 0 bridgehead atoms. The van der Waals surface area contributed by atoms with E-state index in [0.29, 0.717) is 42.8 Å². The van der Waals surface area contributed by atoms with E-state index in [1.54, 1.807) is 42.5 Å². The molecule has 0 unspecified atom stereocenters. The largest absolute Gasteiger partial charge is 0.484 e. The van der Waals surface area contributed by atoms with Gasteiger partial charge in [-0.15, -0.1) is 0 Å². The van der Waals surface area contributed by atoms with Crippen LogP contribution in [0, 0.1) is 11.3 Å². The summed E-state index contributed by atoms with van der Waals surface area (Å²) >= 11 is 23.9. The second-order valence-electron chi connectivity index (χ2n) is 6.78. The summed E-state index contributed by atoms with van der Waals surface area (Å²) in [7, 11) is 0. The summed E-state index contributed by atoms with van der Waals surface area (Å²) < 4.78 is 5.47. The van der Waals surface area contributed by atoms with Crippen LogP contribution in [0.15, 0.2) is 66.2 Å². The van der Waals surface area contributed by atoms with Crippen molar-refractivity contribution in [3.63, 3.8) is 0 Å². The highest BCUT2D eigenvalue weighted by Gasteiger charge is 2.12. The summed E-state index contributed by atoms with van der Waals surface area (Å²) in [6.07, 6.45) is 1.41. The summed E-state index contributed by atoms with van der Waals surface area (Å²) in [6, 6.07) is 17.7. The average molecular weight is 535 g/mol. The monoisotopic (exact) mass is 533 g/mol. The minimum Gasteiger partial charge on any atom is -0.484 e. The van der Waals surface area contributed by atoms with Crippen LogP contribution in [0.1, 0.15) is 5.56 Å². The topological polar surface area (TPSA) is 91.2 Å². The smallest absolute Gasteiger partial charge is 0.266 e. The summed E-state index contributed by atoms with van der Waals surface area (Å²) in [5.41, 5.74) is 1.11. The van der Waals surface area contributed by atoms with Crippen LogP contribution in [0.25, 0.3) is 6.08 Å². The van der Waals surface area contributed by atoms with Crippen LogP contribution < -0.4 is 15.4 Å². The molecule has 0 fully saturated rings. The molecular formula is C24H15Cl4N3O3. The van der Waals surface area contributed by atoms with Gasteiger partial charge in [0, 0.05) is 10.0 Å². The number of benzene rings is 3. The summed E-state index contributed by atoms with van der Waals surface area (Å²) in [5, 5.41) is 16.0. The van der Waals surface area contributed by atoms with Gasteiger partial charge in [0.1, 0.15) is 17.4 Å². The van der Waals surface area contributed by atoms with Crippen LogP contribution in [-0.2, 0) is 9.59 Å². The molecule has 0 saturated heterocycles. The van der Waals surface area contributed by atoms with Gasteiger partial charge in [-0.3, -0.25) is 9.59 Å². The van der Waals surface area contributed by atoms with E-state index in [0.717, 1.165) is 0 Å². The quantitative estimate of drug-likeness (QED) is 0.256. The van der Waals surface area contributed by atoms with E-state index in [2.05, 4.69) is 10.6 Å². The molecule has 6 nitrogen and oxygen atoms in total. The van der Waals surface area contributed by atoms with Gasteiger partial charge in [0.05, 0.1) is 21.4 Å². The van der Waals surface area contributed by atoms with Gasteiger partial charge in [0.15, 0.2) is 6.61 Å². The van der Waals surface area contributed by atoms with Gasteiger partial charge in [-0.25, -0.2) is 0 Å². The fourth-order valence-corrected chi connectivity index (χ4v) is 3.36. The lowest BCUT2D eigenvalue weighted by atomic mass is 10.1. The standard InChI is InChI=1S/C24H15Cl4N3O3/c25-16-3-7-19(27)21(10-16)30-23(32)13-34-18-5-1-14(2-6-18)9-15(12-29)24(33)31-22-11-17(26)4-8-20(22)28/h1-11H,13H2,(H,30,32)(H,31,33)/b15-9-. The molecule has 3 rings (SSSR count). The molecule has 0 atom stereocenters. The predicted molar refractivity (Wildman–Crippen MR) is 136 cm³/mol. The van der Waals surface area contributed by atoms with Crippen molar-refractivity contribution < 1.29 is 14.3 Å². The second kappa shape index (κ2) is 11.8. The highest BCUT2D eigenvalue weighted by molar-refractivity contribution is 6.36. The highest BCUT2D eigenvalue weighted by atomic mass is 35.5. The Morgan fingerprint density at radius 2 is 1.41 bits per heavy atom. The Hall–Kier alpha value is -3.21. The Balaban J connectivity index is 1.60. The molecule has 0 spiro atoms. The first-order chi connectivity index (χ1) is 16.2. The number of anilines is 2. The summed E-state index contributed by atoms with van der Waals surface area (Å²) in [6.45, 7) is -0.260. The molecule has 0 aliphatic carbocycles. The average Bonchev–Trinajstić information content (AvgIpc) is 2.81. The fraction of sp³-hybridized carbons (Fsp3) is 0.0417. The number of carbonyl (C=O) groups is 2. The van der Waals surface area contributed by atoms with E-state index in [4.69, 9.17) is 51.1 Å². The Morgan fingerprint density at radius 1 is 0.853 bits per heavy atom. The van der Waals surface area contributed by atoms with E-state index in [-0.39, 0.29) is 12.2 Å². The first-order valence-electron chi connectivity index (χ1n) is 9.61. The molecule has 34 heavy (non-hydrogen) atoms. The van der Waals surface area contributed by atoms with Crippen molar-refractivity contribution in [3.05, 3.63) is 91.9 Å². The van der Waals surface area contributed by atoms with Gasteiger partial charge >= 0.3 is 0 Å². The van der Waals surface area contributed by atoms with Gasteiger partial charge in [-0.1, -0.05) is 58.5 Å². The third kappa shape index (κ3) is 7.14. The molecule has 2 N–H and O–H groups in total. The zero-order chi connectivity index (χ0) is 24.7. The number of halogens is 4. The van der Waals surface area contributed by atoms with E-state index in [9.17, 15) is 14.9 Å². The normalized spacial score (nSPS) is 10.9. The van der Waals surface area contributed by atoms with Crippen LogP contribution in [0.5, 0.6) is 5.75 Å². The minimum absolute atomic E-state index is 0.137. The second-order valence-corrected chi connectivity index (χ2v) is 8.47. The number of ether oxygens (including phenoxy) is 1. The Kier molecular flexibility index (Phi) is 8.80. The van der Waals surface area contributed by atoms with Crippen LogP contribution in [0.3, 0.4) is 0 Å². The van der Waals surface area contributed by atoms with E-state index >= 15 is 0 Å². The van der Waals surface area contributed by atoms with Gasteiger partial charge in [0.25, 0.3) is 11.8 Å².